The fourth-order valence-electron chi connectivity index (χ4n) is 5.94. The summed E-state index contributed by atoms with van der Waals surface area (Å²) in [7, 11) is -3.51. The minimum atomic E-state index is -3.51. The molecular weight excluding hydrogens is 468 g/mol. The van der Waals surface area contributed by atoms with Gasteiger partial charge in [-0.3, -0.25) is 14.8 Å². The minimum Gasteiger partial charge on any atom is -0.408 e. The normalized spacial score (nSPS) is 25.2. The van der Waals surface area contributed by atoms with Crippen molar-refractivity contribution < 1.29 is 17.6 Å². The van der Waals surface area contributed by atoms with Crippen molar-refractivity contribution in [1.29, 1.82) is 0 Å². The van der Waals surface area contributed by atoms with Gasteiger partial charge in [0.2, 0.25) is 10.0 Å². The van der Waals surface area contributed by atoms with Crippen LogP contribution in [0.25, 0.3) is 11.1 Å². The van der Waals surface area contributed by atoms with E-state index in [1.807, 2.05) is 19.9 Å². The van der Waals surface area contributed by atoms with Gasteiger partial charge in [-0.25, -0.2) is 17.5 Å². The number of benzene rings is 1. The Morgan fingerprint density at radius 2 is 1.83 bits per heavy atom. The van der Waals surface area contributed by atoms with Crippen LogP contribution >= 0.6 is 0 Å². The molecule has 35 heavy (non-hydrogen) atoms. The number of hydrogen-bond acceptors (Lipinski definition) is 6. The Labute approximate surface area is 205 Å². The number of carbonyl (C=O) groups excluding carboxylic acids is 1. The van der Waals surface area contributed by atoms with E-state index in [1.165, 1.54) is 4.31 Å². The number of amidine groups is 1. The summed E-state index contributed by atoms with van der Waals surface area (Å²) in [6.45, 7) is 6.60. The molecule has 1 amide bonds. The van der Waals surface area contributed by atoms with Gasteiger partial charge in [0.25, 0.3) is 5.91 Å². The van der Waals surface area contributed by atoms with Gasteiger partial charge in [-0.1, -0.05) is 19.8 Å². The number of nitrogens with zero attached hydrogens (tertiary/aromatic N) is 2. The van der Waals surface area contributed by atoms with Crippen molar-refractivity contribution in [2.45, 2.75) is 71.3 Å². The quantitative estimate of drug-likeness (QED) is 0.650. The number of aromatic amines is 1. The molecule has 1 spiro atoms. The van der Waals surface area contributed by atoms with Crippen molar-refractivity contribution in [1.82, 2.24) is 14.6 Å². The molecule has 1 saturated carbocycles. The van der Waals surface area contributed by atoms with Gasteiger partial charge in [-0.05, 0) is 74.6 Å². The summed E-state index contributed by atoms with van der Waals surface area (Å²) in [5.74, 6) is 1.22. The van der Waals surface area contributed by atoms with Gasteiger partial charge in [-0.2, -0.15) is 0 Å². The molecule has 0 unspecified atom stereocenters. The Bertz CT molecular complexity index is 1340. The van der Waals surface area contributed by atoms with E-state index in [0.717, 1.165) is 54.1 Å². The molecule has 0 radical (unpaired) electrons. The van der Waals surface area contributed by atoms with Crippen LogP contribution in [-0.2, 0) is 21.2 Å². The van der Waals surface area contributed by atoms with Gasteiger partial charge in [0.05, 0.1) is 11.3 Å². The summed E-state index contributed by atoms with van der Waals surface area (Å²) in [6.07, 6.45) is 5.55. The molecule has 1 aliphatic carbocycles. The number of aryl methyl sites for hydroxylation is 2. The lowest BCUT2D eigenvalue weighted by atomic mass is 9.82. The molecule has 2 fully saturated rings. The van der Waals surface area contributed by atoms with E-state index >= 15 is 0 Å². The Hall–Kier alpha value is -2.46. The third-order valence-corrected chi connectivity index (χ3v) is 10.1. The van der Waals surface area contributed by atoms with E-state index in [2.05, 4.69) is 17.2 Å². The largest absolute Gasteiger partial charge is 0.417 e. The van der Waals surface area contributed by atoms with E-state index < -0.39 is 21.3 Å². The fraction of sp³-hybridized carbons (Fsp3) is 0.640. The molecule has 1 saturated heterocycles. The average Bonchev–Trinajstić information content (AvgIpc) is 3.34. The molecule has 1 aromatic heterocycles. The number of aromatic nitrogens is 1. The van der Waals surface area contributed by atoms with Crippen molar-refractivity contribution in [2.75, 3.05) is 18.8 Å². The molecular formula is C25H34N4O5S. The Balaban J connectivity index is 1.25. The van der Waals surface area contributed by atoms with Crippen LogP contribution < -0.4 is 11.1 Å². The highest BCUT2D eigenvalue weighted by atomic mass is 32.2. The summed E-state index contributed by atoms with van der Waals surface area (Å²) in [4.78, 5) is 32.0. The van der Waals surface area contributed by atoms with E-state index in [0.29, 0.717) is 36.3 Å². The molecule has 3 heterocycles. The van der Waals surface area contributed by atoms with Crippen LogP contribution in [0, 0.1) is 25.7 Å². The van der Waals surface area contributed by atoms with E-state index in [4.69, 9.17) is 9.41 Å². The summed E-state index contributed by atoms with van der Waals surface area (Å²) in [6, 6.07) is 1.82. The number of oxazole rings is 1. The molecule has 5 rings (SSSR count). The van der Waals surface area contributed by atoms with Crippen LogP contribution in [-0.4, -0.2) is 53.8 Å². The smallest absolute Gasteiger partial charge is 0.408 e. The van der Waals surface area contributed by atoms with Crippen molar-refractivity contribution in [2.24, 2.45) is 16.8 Å². The Morgan fingerprint density at radius 1 is 1.14 bits per heavy atom. The van der Waals surface area contributed by atoms with E-state index in [-0.39, 0.29) is 24.7 Å². The first-order chi connectivity index (χ1) is 16.6. The lowest BCUT2D eigenvalue weighted by Gasteiger charge is -2.34. The molecule has 1 aromatic carbocycles. The number of nitrogens with one attached hydrogen (secondary N) is 2. The maximum Gasteiger partial charge on any atom is 0.417 e. The summed E-state index contributed by atoms with van der Waals surface area (Å²) >= 11 is 0. The number of rotatable bonds is 5. The highest BCUT2D eigenvalue weighted by Crippen LogP contribution is 2.36. The SMILES string of the molecule is Cc1cc2[nH]c(=O)oc2c(C)c1CCS(=O)(=O)N1CCC2(CC1)N=C([C@H]1CC[C@H](C)CC1)NC2=O. The molecule has 2 aliphatic heterocycles. The number of sulfonamides is 1. The molecule has 190 valence electrons. The predicted octanol–water partition coefficient (Wildman–Crippen LogP) is 2.80. The van der Waals surface area contributed by atoms with Crippen LogP contribution in [0.1, 0.15) is 62.1 Å². The topological polar surface area (TPSA) is 125 Å². The zero-order valence-electron chi connectivity index (χ0n) is 20.6. The van der Waals surface area contributed by atoms with Crippen LogP contribution in [0.4, 0.5) is 0 Å². The van der Waals surface area contributed by atoms with Gasteiger partial charge < -0.3 is 9.73 Å². The minimum absolute atomic E-state index is 0.0389. The lowest BCUT2D eigenvalue weighted by Crippen LogP contribution is -2.51. The van der Waals surface area contributed by atoms with Gasteiger partial charge in [0.1, 0.15) is 11.4 Å². The highest BCUT2D eigenvalue weighted by molar-refractivity contribution is 7.89. The number of aliphatic imine (C=N–C) groups is 1. The summed E-state index contributed by atoms with van der Waals surface area (Å²) < 4.78 is 33.1. The van der Waals surface area contributed by atoms with Crippen molar-refractivity contribution in [3.05, 3.63) is 33.3 Å². The zero-order valence-corrected chi connectivity index (χ0v) is 21.5. The van der Waals surface area contributed by atoms with Crippen LogP contribution in [0.2, 0.25) is 0 Å². The average molecular weight is 503 g/mol. The Morgan fingerprint density at radius 3 is 2.51 bits per heavy atom. The highest BCUT2D eigenvalue weighted by Gasteiger charge is 2.48. The first kappa shape index (κ1) is 24.2. The maximum absolute atomic E-state index is 13.2. The maximum atomic E-state index is 13.2. The van der Waals surface area contributed by atoms with Crippen molar-refractivity contribution in [3.8, 4) is 0 Å². The first-order valence-electron chi connectivity index (χ1n) is 12.6. The zero-order chi connectivity index (χ0) is 25.0. The van der Waals surface area contributed by atoms with Crippen molar-refractivity contribution >= 4 is 32.9 Å². The molecule has 3 aliphatic rings. The van der Waals surface area contributed by atoms with Gasteiger partial charge in [0, 0.05) is 19.0 Å². The molecule has 9 nitrogen and oxygen atoms in total. The summed E-state index contributed by atoms with van der Waals surface area (Å²) in [5.41, 5.74) is 2.85. The molecule has 10 heteroatoms. The predicted molar refractivity (Wildman–Crippen MR) is 134 cm³/mol. The van der Waals surface area contributed by atoms with Crippen molar-refractivity contribution in [3.63, 3.8) is 0 Å². The second-order valence-corrected chi connectivity index (χ2v) is 12.7. The third kappa shape index (κ3) is 4.46. The number of piperidine rings is 1. The lowest BCUT2D eigenvalue weighted by molar-refractivity contribution is -0.125. The monoisotopic (exact) mass is 502 g/mol. The van der Waals surface area contributed by atoms with Gasteiger partial charge in [0.15, 0.2) is 5.58 Å². The van der Waals surface area contributed by atoms with E-state index in [1.54, 1.807) is 0 Å². The van der Waals surface area contributed by atoms with Gasteiger partial charge >= 0.3 is 5.76 Å². The number of fused-ring (bicyclic) bond motifs is 1. The number of hydrogen-bond donors (Lipinski definition) is 2. The number of H-pyrrole nitrogens is 1. The Kier molecular flexibility index (Phi) is 6.15. The first-order valence-corrected chi connectivity index (χ1v) is 14.2. The molecule has 0 bridgehead atoms. The molecule has 0 atom stereocenters. The van der Waals surface area contributed by atoms with Crippen LogP contribution in [0.5, 0.6) is 0 Å². The molecule has 2 N–H and O–H groups in total. The van der Waals surface area contributed by atoms with Crippen LogP contribution in [0.3, 0.4) is 0 Å². The van der Waals surface area contributed by atoms with Gasteiger partial charge in [-0.15, -0.1) is 0 Å². The number of carbonyl (C=O) groups is 1. The van der Waals surface area contributed by atoms with E-state index in [9.17, 15) is 18.0 Å². The molecule has 2 aromatic rings. The second-order valence-electron chi connectivity index (χ2n) is 10.6. The fourth-order valence-corrected chi connectivity index (χ4v) is 7.40. The van der Waals surface area contributed by atoms with Crippen LogP contribution in [0.15, 0.2) is 20.3 Å². The summed E-state index contributed by atoms with van der Waals surface area (Å²) in [5, 5.41) is 3.04. The standard InChI is InChI=1S/C25H34N4O5S/c1-15-4-6-18(7-5-15)22-27-23(30)25(28-22)9-11-29(12-10-25)35(32,33)13-8-19-16(2)14-20-21(17(19)3)34-24(31)26-20/h14-15,18H,4-13H2,1-3H3,(H,26,31)(H,27,28,30)/t15-,18-. The number of amides is 1. The third-order valence-electron chi connectivity index (χ3n) is 8.26. The second kappa shape index (κ2) is 8.89.